The Kier molecular flexibility index (Phi) is 2.81. The lowest BCUT2D eigenvalue weighted by molar-refractivity contribution is -0.141. The van der Waals surface area contributed by atoms with Crippen molar-refractivity contribution in [2.75, 3.05) is 18.0 Å². The van der Waals surface area contributed by atoms with Crippen molar-refractivity contribution in [3.05, 3.63) is 18.1 Å². The van der Waals surface area contributed by atoms with Crippen molar-refractivity contribution in [1.29, 1.82) is 0 Å². The van der Waals surface area contributed by atoms with Gasteiger partial charge in [0.15, 0.2) is 0 Å². The number of aliphatic carboxylic acids is 1. The van der Waals surface area contributed by atoms with Crippen LogP contribution in [0.5, 0.6) is 0 Å². The molecule has 0 aliphatic carbocycles. The molecule has 7 nitrogen and oxygen atoms in total. The van der Waals surface area contributed by atoms with Crippen molar-refractivity contribution >= 4 is 17.6 Å². The van der Waals surface area contributed by atoms with Crippen LogP contribution < -0.4 is 4.90 Å². The van der Waals surface area contributed by atoms with Crippen LogP contribution in [0, 0.1) is 12.8 Å². The molecule has 0 aromatic carbocycles. The second-order valence-corrected chi connectivity index (χ2v) is 4.85. The third-order valence-corrected chi connectivity index (χ3v) is 3.46. The van der Waals surface area contributed by atoms with Crippen LogP contribution >= 0.6 is 0 Å². The normalized spacial score (nSPS) is 19.8. The smallest absolute Gasteiger partial charge is 0.308 e. The SMILES string of the molecule is Cc1cc(N2CCC[C@H](C(=O)O)C2)n2ncnc2n1. The fourth-order valence-corrected chi connectivity index (χ4v) is 2.52. The highest BCUT2D eigenvalue weighted by Crippen LogP contribution is 2.23. The lowest BCUT2D eigenvalue weighted by Crippen LogP contribution is -2.39. The zero-order valence-electron chi connectivity index (χ0n) is 10.7. The van der Waals surface area contributed by atoms with Crippen molar-refractivity contribution in [3.8, 4) is 0 Å². The van der Waals surface area contributed by atoms with E-state index in [9.17, 15) is 4.79 Å². The maximum Gasteiger partial charge on any atom is 0.308 e. The zero-order chi connectivity index (χ0) is 13.4. The molecule has 1 N–H and O–H groups in total. The number of carboxylic acid groups (broad SMARTS) is 1. The molecular formula is C12H15N5O2. The first-order valence-corrected chi connectivity index (χ1v) is 6.30. The minimum Gasteiger partial charge on any atom is -0.481 e. The number of fused-ring (bicyclic) bond motifs is 1. The van der Waals surface area contributed by atoms with E-state index in [1.807, 2.05) is 13.0 Å². The summed E-state index contributed by atoms with van der Waals surface area (Å²) in [7, 11) is 0. The molecular weight excluding hydrogens is 246 g/mol. The van der Waals surface area contributed by atoms with Gasteiger partial charge in [0.2, 0.25) is 0 Å². The molecule has 0 radical (unpaired) electrons. The van der Waals surface area contributed by atoms with Crippen LogP contribution in [0.3, 0.4) is 0 Å². The Labute approximate surface area is 109 Å². The molecule has 1 fully saturated rings. The molecule has 1 aliphatic rings. The highest BCUT2D eigenvalue weighted by molar-refractivity contribution is 5.71. The van der Waals surface area contributed by atoms with Crippen LogP contribution in [-0.4, -0.2) is 43.7 Å². The van der Waals surface area contributed by atoms with E-state index in [-0.39, 0.29) is 5.92 Å². The van der Waals surface area contributed by atoms with Gasteiger partial charge in [-0.3, -0.25) is 4.79 Å². The Bertz CT molecular complexity index is 624. The van der Waals surface area contributed by atoms with Crippen molar-refractivity contribution in [3.63, 3.8) is 0 Å². The lowest BCUT2D eigenvalue weighted by Gasteiger charge is -2.32. The molecule has 3 heterocycles. The predicted octanol–water partition coefficient (Wildman–Crippen LogP) is 0.734. The minimum atomic E-state index is -0.731. The highest BCUT2D eigenvalue weighted by Gasteiger charge is 2.27. The number of rotatable bonds is 2. The Morgan fingerprint density at radius 1 is 1.53 bits per heavy atom. The fraction of sp³-hybridized carbons (Fsp3) is 0.500. The Hall–Kier alpha value is -2.18. The van der Waals surface area contributed by atoms with Crippen LogP contribution in [0.4, 0.5) is 5.82 Å². The van der Waals surface area contributed by atoms with E-state index in [0.29, 0.717) is 12.3 Å². The standard InChI is InChI=1S/C12H15N5O2/c1-8-5-10(17-12(15-8)13-7-14-17)16-4-2-3-9(6-16)11(18)19/h5,7,9H,2-4,6H2,1H3,(H,18,19)/t9-/m0/s1. The molecule has 3 rings (SSSR count). The van der Waals surface area contributed by atoms with Gasteiger partial charge in [-0.2, -0.15) is 14.6 Å². The minimum absolute atomic E-state index is 0.319. The summed E-state index contributed by atoms with van der Waals surface area (Å²) in [6.07, 6.45) is 3.06. The number of aryl methyl sites for hydroxylation is 1. The molecule has 100 valence electrons. The van der Waals surface area contributed by atoms with Crippen LogP contribution in [0.15, 0.2) is 12.4 Å². The van der Waals surface area contributed by atoms with Gasteiger partial charge >= 0.3 is 5.97 Å². The van der Waals surface area contributed by atoms with E-state index < -0.39 is 5.97 Å². The van der Waals surface area contributed by atoms with E-state index in [1.54, 1.807) is 4.52 Å². The van der Waals surface area contributed by atoms with E-state index in [0.717, 1.165) is 30.9 Å². The van der Waals surface area contributed by atoms with Gasteiger partial charge in [-0.1, -0.05) is 0 Å². The second kappa shape index (κ2) is 4.49. The number of piperidine rings is 1. The molecule has 19 heavy (non-hydrogen) atoms. The summed E-state index contributed by atoms with van der Waals surface area (Å²) in [5.74, 6) is 0.365. The summed E-state index contributed by atoms with van der Waals surface area (Å²) in [6, 6.07) is 1.92. The average Bonchev–Trinajstić information content (AvgIpc) is 2.85. The largest absolute Gasteiger partial charge is 0.481 e. The number of nitrogens with zero attached hydrogens (tertiary/aromatic N) is 5. The predicted molar refractivity (Wildman–Crippen MR) is 68.1 cm³/mol. The first kappa shape index (κ1) is 11.9. The maximum atomic E-state index is 11.1. The molecule has 0 unspecified atom stereocenters. The van der Waals surface area contributed by atoms with E-state index >= 15 is 0 Å². The molecule has 1 saturated heterocycles. The van der Waals surface area contributed by atoms with E-state index in [2.05, 4.69) is 20.0 Å². The van der Waals surface area contributed by atoms with Gasteiger partial charge in [0.05, 0.1) is 5.92 Å². The Balaban J connectivity index is 1.99. The van der Waals surface area contributed by atoms with Crippen molar-refractivity contribution in [1.82, 2.24) is 19.6 Å². The number of hydrogen-bond acceptors (Lipinski definition) is 5. The number of carboxylic acids is 1. The van der Waals surface area contributed by atoms with E-state index in [1.165, 1.54) is 6.33 Å². The van der Waals surface area contributed by atoms with E-state index in [4.69, 9.17) is 5.11 Å². The zero-order valence-corrected chi connectivity index (χ0v) is 10.7. The molecule has 2 aromatic rings. The third kappa shape index (κ3) is 2.11. The van der Waals surface area contributed by atoms with Crippen LogP contribution in [-0.2, 0) is 4.79 Å². The van der Waals surface area contributed by atoms with Crippen molar-refractivity contribution < 1.29 is 9.90 Å². The second-order valence-electron chi connectivity index (χ2n) is 4.85. The quantitative estimate of drug-likeness (QED) is 0.858. The summed E-state index contributed by atoms with van der Waals surface area (Å²) in [5.41, 5.74) is 0.855. The number of hydrogen-bond donors (Lipinski definition) is 1. The molecule has 0 bridgehead atoms. The summed E-state index contributed by atoms with van der Waals surface area (Å²) >= 11 is 0. The average molecular weight is 261 g/mol. The Morgan fingerprint density at radius 2 is 2.37 bits per heavy atom. The fourth-order valence-electron chi connectivity index (χ4n) is 2.52. The van der Waals surface area contributed by atoms with Crippen LogP contribution in [0.1, 0.15) is 18.5 Å². The first-order chi connectivity index (χ1) is 9.15. The maximum absolute atomic E-state index is 11.1. The summed E-state index contributed by atoms with van der Waals surface area (Å²) in [4.78, 5) is 21.6. The Morgan fingerprint density at radius 3 is 3.16 bits per heavy atom. The number of aromatic nitrogens is 4. The van der Waals surface area contributed by atoms with Gasteiger partial charge in [-0.25, -0.2) is 4.98 Å². The molecule has 2 aromatic heterocycles. The van der Waals surface area contributed by atoms with Gasteiger partial charge in [0.25, 0.3) is 5.78 Å². The molecule has 0 saturated carbocycles. The van der Waals surface area contributed by atoms with Crippen LogP contribution in [0.25, 0.3) is 5.78 Å². The van der Waals surface area contributed by atoms with Gasteiger partial charge in [0.1, 0.15) is 12.1 Å². The lowest BCUT2D eigenvalue weighted by atomic mass is 9.98. The molecule has 7 heteroatoms. The number of anilines is 1. The van der Waals surface area contributed by atoms with Gasteiger partial charge in [-0.05, 0) is 19.8 Å². The van der Waals surface area contributed by atoms with Crippen molar-refractivity contribution in [2.24, 2.45) is 5.92 Å². The highest BCUT2D eigenvalue weighted by atomic mass is 16.4. The summed E-state index contributed by atoms with van der Waals surface area (Å²) in [5, 5.41) is 13.3. The summed E-state index contributed by atoms with van der Waals surface area (Å²) < 4.78 is 1.66. The monoisotopic (exact) mass is 261 g/mol. The molecule has 1 aliphatic heterocycles. The number of carbonyl (C=O) groups is 1. The third-order valence-electron chi connectivity index (χ3n) is 3.46. The van der Waals surface area contributed by atoms with Gasteiger partial charge in [0, 0.05) is 24.8 Å². The van der Waals surface area contributed by atoms with Crippen molar-refractivity contribution in [2.45, 2.75) is 19.8 Å². The van der Waals surface area contributed by atoms with Crippen LogP contribution in [0.2, 0.25) is 0 Å². The van der Waals surface area contributed by atoms with Gasteiger partial charge < -0.3 is 10.0 Å². The molecule has 0 amide bonds. The topological polar surface area (TPSA) is 83.6 Å². The first-order valence-electron chi connectivity index (χ1n) is 6.30. The van der Waals surface area contributed by atoms with Gasteiger partial charge in [-0.15, -0.1) is 0 Å². The summed E-state index contributed by atoms with van der Waals surface area (Å²) in [6.45, 7) is 3.24. The molecule has 1 atom stereocenters. The molecule has 0 spiro atoms.